The topological polar surface area (TPSA) is 30.7 Å². The predicted molar refractivity (Wildman–Crippen MR) is 84.1 cm³/mol. The van der Waals surface area contributed by atoms with Gasteiger partial charge in [0.15, 0.2) is 0 Å². The van der Waals surface area contributed by atoms with E-state index < -0.39 is 0 Å². The van der Waals surface area contributed by atoms with E-state index in [0.29, 0.717) is 0 Å². The lowest BCUT2D eigenvalue weighted by Gasteiger charge is -2.34. The van der Waals surface area contributed by atoms with Gasteiger partial charge < -0.3 is 0 Å². The molecule has 0 saturated carbocycles. The first kappa shape index (κ1) is 13.6. The van der Waals surface area contributed by atoms with E-state index in [-0.39, 0.29) is 5.54 Å². The minimum absolute atomic E-state index is 0.316. The number of benzene rings is 2. The third-order valence-electron chi connectivity index (χ3n) is 4.07. The van der Waals surface area contributed by atoms with Gasteiger partial charge in [0.1, 0.15) is 18.2 Å². The highest BCUT2D eigenvalue weighted by Crippen LogP contribution is 2.36. The van der Waals surface area contributed by atoms with Gasteiger partial charge in [-0.25, -0.2) is 9.67 Å². The maximum atomic E-state index is 4.45. The van der Waals surface area contributed by atoms with E-state index in [4.69, 9.17) is 0 Å². The molecule has 3 aromatic rings. The fourth-order valence-electron chi connectivity index (χ4n) is 3.02. The van der Waals surface area contributed by atoms with Crippen LogP contribution in [0.15, 0.2) is 67.3 Å². The molecule has 0 N–H and O–H groups in total. The van der Waals surface area contributed by atoms with Crippen molar-refractivity contribution in [2.75, 3.05) is 0 Å². The number of hydrogen-bond acceptors (Lipinski definition) is 2. The largest absolute Gasteiger partial charge is 0.238 e. The molecule has 0 amide bonds. The molecule has 2 aromatic carbocycles. The summed E-state index contributed by atoms with van der Waals surface area (Å²) in [5.41, 5.74) is 3.40. The van der Waals surface area contributed by atoms with Gasteiger partial charge in [0, 0.05) is 0 Å². The average molecular weight is 277 g/mol. The molecule has 3 heteroatoms. The molecule has 0 bridgehead atoms. The fourth-order valence-corrected chi connectivity index (χ4v) is 3.02. The van der Waals surface area contributed by atoms with Crippen molar-refractivity contribution >= 4 is 0 Å². The van der Waals surface area contributed by atoms with Crippen LogP contribution in [0.5, 0.6) is 0 Å². The molecule has 1 atom stereocenters. The summed E-state index contributed by atoms with van der Waals surface area (Å²) in [6.45, 7) is 4.31. The minimum Gasteiger partial charge on any atom is -0.238 e. The molecule has 0 aliphatic heterocycles. The minimum atomic E-state index is -0.316. The highest BCUT2D eigenvalue weighted by atomic mass is 15.4. The molecule has 106 valence electrons. The van der Waals surface area contributed by atoms with Gasteiger partial charge in [0.05, 0.1) is 0 Å². The third-order valence-corrected chi connectivity index (χ3v) is 4.07. The van der Waals surface area contributed by atoms with Crippen LogP contribution in [-0.4, -0.2) is 14.8 Å². The van der Waals surface area contributed by atoms with Gasteiger partial charge in [-0.2, -0.15) is 5.10 Å². The molecule has 21 heavy (non-hydrogen) atoms. The van der Waals surface area contributed by atoms with Gasteiger partial charge in [-0.1, -0.05) is 67.1 Å². The molecular weight excluding hydrogens is 258 g/mol. The Hall–Kier alpha value is -2.42. The first-order chi connectivity index (χ1) is 10.3. The lowest BCUT2D eigenvalue weighted by atomic mass is 9.80. The van der Waals surface area contributed by atoms with Crippen molar-refractivity contribution in [2.45, 2.75) is 25.8 Å². The monoisotopic (exact) mass is 277 g/mol. The van der Waals surface area contributed by atoms with E-state index in [1.807, 2.05) is 10.7 Å². The van der Waals surface area contributed by atoms with Crippen molar-refractivity contribution in [3.63, 3.8) is 0 Å². The Morgan fingerprint density at radius 1 is 1.00 bits per heavy atom. The van der Waals surface area contributed by atoms with Crippen molar-refractivity contribution in [3.8, 4) is 0 Å². The SMILES string of the molecule is CCC(c1ccccc1)(c1cccc(C)c1)n1cncn1. The second-order valence-electron chi connectivity index (χ2n) is 5.29. The quantitative estimate of drug-likeness (QED) is 0.726. The van der Waals surface area contributed by atoms with Crippen LogP contribution in [0.1, 0.15) is 30.0 Å². The lowest BCUT2D eigenvalue weighted by molar-refractivity contribution is 0.373. The Kier molecular flexibility index (Phi) is 3.57. The van der Waals surface area contributed by atoms with E-state index in [2.05, 4.69) is 72.5 Å². The average Bonchev–Trinajstić information content (AvgIpc) is 3.05. The Morgan fingerprint density at radius 3 is 2.38 bits per heavy atom. The second kappa shape index (κ2) is 5.52. The summed E-state index contributed by atoms with van der Waals surface area (Å²) in [5.74, 6) is 0. The number of nitrogens with zero attached hydrogens (tertiary/aromatic N) is 3. The molecule has 1 unspecified atom stereocenters. The van der Waals surface area contributed by atoms with E-state index >= 15 is 0 Å². The van der Waals surface area contributed by atoms with Crippen LogP contribution in [0.3, 0.4) is 0 Å². The molecule has 3 nitrogen and oxygen atoms in total. The molecule has 0 spiro atoms. The van der Waals surface area contributed by atoms with Crippen molar-refractivity contribution in [2.24, 2.45) is 0 Å². The summed E-state index contributed by atoms with van der Waals surface area (Å²) >= 11 is 0. The van der Waals surface area contributed by atoms with Crippen molar-refractivity contribution in [1.29, 1.82) is 0 Å². The van der Waals surface area contributed by atoms with E-state index in [9.17, 15) is 0 Å². The van der Waals surface area contributed by atoms with Crippen LogP contribution in [0.2, 0.25) is 0 Å². The van der Waals surface area contributed by atoms with Crippen LogP contribution >= 0.6 is 0 Å². The van der Waals surface area contributed by atoms with Crippen LogP contribution < -0.4 is 0 Å². The molecule has 3 rings (SSSR count). The number of aryl methyl sites for hydroxylation is 1. The normalized spacial score (nSPS) is 13.8. The Labute approximate surface area is 125 Å². The fraction of sp³-hybridized carbons (Fsp3) is 0.222. The molecule has 0 saturated heterocycles. The first-order valence-corrected chi connectivity index (χ1v) is 7.25. The molecule has 0 aliphatic carbocycles. The molecular formula is C18H19N3. The highest BCUT2D eigenvalue weighted by molar-refractivity contribution is 5.40. The first-order valence-electron chi connectivity index (χ1n) is 7.25. The lowest BCUT2D eigenvalue weighted by Crippen LogP contribution is -2.36. The van der Waals surface area contributed by atoms with E-state index in [0.717, 1.165) is 6.42 Å². The Morgan fingerprint density at radius 2 is 1.76 bits per heavy atom. The molecule has 1 aromatic heterocycles. The van der Waals surface area contributed by atoms with E-state index in [1.165, 1.54) is 16.7 Å². The second-order valence-corrected chi connectivity index (χ2v) is 5.29. The maximum Gasteiger partial charge on any atom is 0.137 e. The van der Waals surface area contributed by atoms with Gasteiger partial charge in [0.2, 0.25) is 0 Å². The summed E-state index contributed by atoms with van der Waals surface area (Å²) in [6.07, 6.45) is 4.31. The van der Waals surface area contributed by atoms with Crippen LogP contribution in [0, 0.1) is 6.92 Å². The number of aromatic nitrogens is 3. The van der Waals surface area contributed by atoms with Gasteiger partial charge >= 0.3 is 0 Å². The standard InChI is InChI=1S/C18H19N3/c1-3-18(21-14-19-13-20-21,16-9-5-4-6-10-16)17-11-7-8-15(2)12-17/h4-14H,3H2,1-2H3. The third kappa shape index (κ3) is 2.25. The van der Waals surface area contributed by atoms with Crippen molar-refractivity contribution in [3.05, 3.63) is 83.9 Å². The molecule has 0 fully saturated rings. The van der Waals surface area contributed by atoms with Crippen LogP contribution in [0.25, 0.3) is 0 Å². The Bertz CT molecular complexity index is 704. The maximum absolute atomic E-state index is 4.45. The number of hydrogen-bond donors (Lipinski definition) is 0. The number of rotatable bonds is 4. The Balaban J connectivity index is 2.29. The summed E-state index contributed by atoms with van der Waals surface area (Å²) in [4.78, 5) is 4.16. The van der Waals surface area contributed by atoms with Crippen LogP contribution in [-0.2, 0) is 5.54 Å². The van der Waals surface area contributed by atoms with Gasteiger partial charge in [-0.05, 0) is 24.5 Å². The van der Waals surface area contributed by atoms with Gasteiger partial charge in [0.25, 0.3) is 0 Å². The zero-order chi connectivity index (χ0) is 14.7. The van der Waals surface area contributed by atoms with E-state index in [1.54, 1.807) is 12.7 Å². The zero-order valence-electron chi connectivity index (χ0n) is 12.4. The summed E-state index contributed by atoms with van der Waals surface area (Å²) in [5, 5.41) is 4.45. The van der Waals surface area contributed by atoms with Crippen LogP contribution in [0.4, 0.5) is 0 Å². The summed E-state index contributed by atoms with van der Waals surface area (Å²) in [7, 11) is 0. The van der Waals surface area contributed by atoms with Crippen molar-refractivity contribution < 1.29 is 0 Å². The predicted octanol–water partition coefficient (Wildman–Crippen LogP) is 3.79. The molecule has 1 heterocycles. The molecule has 0 aliphatic rings. The highest BCUT2D eigenvalue weighted by Gasteiger charge is 2.35. The zero-order valence-corrected chi connectivity index (χ0v) is 12.4. The molecule has 0 radical (unpaired) electrons. The van der Waals surface area contributed by atoms with Gasteiger partial charge in [-0.3, -0.25) is 0 Å². The van der Waals surface area contributed by atoms with Crippen molar-refractivity contribution in [1.82, 2.24) is 14.8 Å². The smallest absolute Gasteiger partial charge is 0.137 e. The van der Waals surface area contributed by atoms with Gasteiger partial charge in [-0.15, -0.1) is 0 Å². The summed E-state index contributed by atoms with van der Waals surface area (Å²) in [6, 6.07) is 19.1. The summed E-state index contributed by atoms with van der Waals surface area (Å²) < 4.78 is 1.97.